The Morgan fingerprint density at radius 2 is 1.79 bits per heavy atom. The number of methoxy groups -OCH3 is 1. The van der Waals surface area contributed by atoms with Crippen LogP contribution in [0.25, 0.3) is 10.1 Å². The molecule has 0 saturated carbocycles. The molecule has 3 N–H and O–H groups in total. The minimum absolute atomic E-state index is 0.00964. The van der Waals surface area contributed by atoms with Crippen LogP contribution in [0.2, 0.25) is 0 Å². The van der Waals surface area contributed by atoms with Crippen molar-refractivity contribution >= 4 is 56.8 Å². The van der Waals surface area contributed by atoms with Gasteiger partial charge in [0, 0.05) is 53.5 Å². The molecular weight excluding hydrogens is 725 g/mol. The fourth-order valence-corrected chi connectivity index (χ4v) is 6.95. The van der Waals surface area contributed by atoms with Crippen LogP contribution in [0.1, 0.15) is 36.7 Å². The van der Waals surface area contributed by atoms with Crippen LogP contribution in [-0.4, -0.2) is 79.5 Å². The second-order valence-electron chi connectivity index (χ2n) is 12.2. The van der Waals surface area contributed by atoms with Crippen LogP contribution in [0, 0.1) is 11.7 Å². The summed E-state index contributed by atoms with van der Waals surface area (Å²) in [5.74, 6) is -3.41. The molecule has 1 unspecified atom stereocenters. The topological polar surface area (TPSA) is 130 Å². The number of hydrogen-bond donors (Lipinski definition) is 3. The number of thiophene rings is 1. The van der Waals surface area contributed by atoms with Gasteiger partial charge >= 0.3 is 12.4 Å². The molecule has 0 aliphatic carbocycles. The molecule has 1 aromatic heterocycles. The number of aliphatic hydroxyl groups excluding tert-OH is 1. The number of fused-ring (bicyclic) bond motifs is 1. The lowest BCUT2D eigenvalue weighted by molar-refractivity contribution is -0.140. The van der Waals surface area contributed by atoms with Crippen LogP contribution >= 0.6 is 11.3 Å². The fraction of sp³-hybridized carbons (Fsp3) is 0.294. The molecule has 3 heterocycles. The third kappa shape index (κ3) is 7.31. The number of aldehydes is 1. The van der Waals surface area contributed by atoms with Crippen molar-refractivity contribution in [1.29, 1.82) is 0 Å². The quantitative estimate of drug-likeness (QED) is 0.130. The Labute approximate surface area is 293 Å². The molecule has 6 rings (SSSR count). The predicted octanol–water partition coefficient (Wildman–Crippen LogP) is 6.23. The van der Waals surface area contributed by atoms with E-state index in [1.54, 1.807) is 0 Å². The van der Waals surface area contributed by atoms with Crippen molar-refractivity contribution in [2.45, 2.75) is 17.9 Å². The second-order valence-corrected chi connectivity index (χ2v) is 13.3. The molecule has 1 fully saturated rings. The molecule has 274 valence electrons. The fourth-order valence-electron chi connectivity index (χ4n) is 5.86. The van der Waals surface area contributed by atoms with Crippen molar-refractivity contribution in [2.24, 2.45) is 10.9 Å². The Morgan fingerprint density at radius 1 is 1.04 bits per heavy atom. The molecule has 0 radical (unpaired) electrons. The zero-order chi connectivity index (χ0) is 37.6. The van der Waals surface area contributed by atoms with Crippen LogP contribution in [0.5, 0.6) is 5.75 Å². The number of hydrogen-bond acceptors (Lipinski definition) is 9. The van der Waals surface area contributed by atoms with E-state index < -0.39 is 52.3 Å². The number of likely N-dealkylation sites (tertiary alicyclic amines) is 1. The minimum atomic E-state index is -5.09. The summed E-state index contributed by atoms with van der Waals surface area (Å²) in [6.45, 7) is 1.33. The number of ether oxygens (including phenoxy) is 2. The molecule has 10 nitrogen and oxygen atoms in total. The van der Waals surface area contributed by atoms with Gasteiger partial charge in [-0.2, -0.15) is 26.3 Å². The van der Waals surface area contributed by atoms with E-state index in [2.05, 4.69) is 15.6 Å². The highest BCUT2D eigenvalue weighted by molar-refractivity contribution is 7.21. The zero-order valence-electron chi connectivity index (χ0n) is 26.8. The van der Waals surface area contributed by atoms with Gasteiger partial charge in [-0.1, -0.05) is 6.07 Å². The Kier molecular flexibility index (Phi) is 9.75. The SMILES string of the molecule is COc1ccc(C2=NC(C=O)(CN3CC(CO)C3)CO2)cc1C(=O)Nc1c(C(=O)Nc2ccc(F)c(C(F)(F)F)c2)sc2cc(C(F)(F)F)ccc12. The zero-order valence-corrected chi connectivity index (χ0v) is 27.6. The monoisotopic (exact) mass is 752 g/mol. The summed E-state index contributed by atoms with van der Waals surface area (Å²) in [5, 5.41) is 14.1. The maximum absolute atomic E-state index is 13.9. The van der Waals surface area contributed by atoms with Crippen molar-refractivity contribution < 1.29 is 59.7 Å². The van der Waals surface area contributed by atoms with Gasteiger partial charge in [0.15, 0.2) is 11.8 Å². The van der Waals surface area contributed by atoms with E-state index in [1.807, 2.05) is 4.90 Å². The summed E-state index contributed by atoms with van der Waals surface area (Å²) in [6, 6.07) is 8.54. The van der Waals surface area contributed by atoms with E-state index in [-0.39, 0.29) is 69.1 Å². The van der Waals surface area contributed by atoms with Gasteiger partial charge < -0.3 is 30.0 Å². The number of amides is 2. The van der Waals surface area contributed by atoms with Gasteiger partial charge in [-0.05, 0) is 48.5 Å². The molecular formula is C34H27F7N4O6S. The first kappa shape index (κ1) is 36.7. The number of alkyl halides is 6. The summed E-state index contributed by atoms with van der Waals surface area (Å²) in [6.07, 6.45) is -9.19. The van der Waals surface area contributed by atoms with E-state index in [1.165, 1.54) is 25.3 Å². The van der Waals surface area contributed by atoms with E-state index in [9.17, 15) is 50.2 Å². The van der Waals surface area contributed by atoms with E-state index in [0.717, 1.165) is 24.3 Å². The number of aliphatic hydroxyl groups is 1. The third-order valence-electron chi connectivity index (χ3n) is 8.47. The van der Waals surface area contributed by atoms with Crippen LogP contribution < -0.4 is 15.4 Å². The molecule has 52 heavy (non-hydrogen) atoms. The Morgan fingerprint density at radius 3 is 2.44 bits per heavy atom. The van der Waals surface area contributed by atoms with Gasteiger partial charge in [-0.3, -0.25) is 14.5 Å². The number of nitrogens with zero attached hydrogens (tertiary/aromatic N) is 2. The van der Waals surface area contributed by atoms with Crippen LogP contribution in [-0.2, 0) is 21.9 Å². The predicted molar refractivity (Wildman–Crippen MR) is 175 cm³/mol. The first-order valence-corrected chi connectivity index (χ1v) is 16.2. The number of aliphatic imine (C=N–C) groups is 1. The normalized spacial score (nSPS) is 18.1. The van der Waals surface area contributed by atoms with Gasteiger partial charge in [0.05, 0.1) is 29.5 Å². The number of carbonyl (C=O) groups excluding carboxylic acids is 3. The number of rotatable bonds is 10. The summed E-state index contributed by atoms with van der Waals surface area (Å²) < 4.78 is 106. The van der Waals surface area contributed by atoms with Gasteiger partial charge in [-0.15, -0.1) is 11.3 Å². The number of anilines is 2. The average molecular weight is 753 g/mol. The lowest BCUT2D eigenvalue weighted by Crippen LogP contribution is -2.55. The van der Waals surface area contributed by atoms with Crippen LogP contribution in [0.15, 0.2) is 59.6 Å². The van der Waals surface area contributed by atoms with E-state index in [0.29, 0.717) is 42.8 Å². The highest BCUT2D eigenvalue weighted by Gasteiger charge is 2.42. The van der Waals surface area contributed by atoms with Crippen molar-refractivity contribution in [3.8, 4) is 5.75 Å². The maximum Gasteiger partial charge on any atom is 0.419 e. The number of benzene rings is 3. The maximum atomic E-state index is 13.9. The number of carbonyl (C=O) groups is 3. The Hall–Kier alpha value is -5.07. The Bertz CT molecular complexity index is 2090. The number of halogens is 7. The summed E-state index contributed by atoms with van der Waals surface area (Å²) >= 11 is 0.536. The highest BCUT2D eigenvalue weighted by Crippen LogP contribution is 2.41. The summed E-state index contributed by atoms with van der Waals surface area (Å²) in [5.41, 5.74) is -4.54. The van der Waals surface area contributed by atoms with Crippen molar-refractivity contribution in [3.05, 3.63) is 87.5 Å². The van der Waals surface area contributed by atoms with Crippen LogP contribution in [0.3, 0.4) is 0 Å². The molecule has 18 heteroatoms. The molecule has 1 atom stereocenters. The highest BCUT2D eigenvalue weighted by atomic mass is 32.1. The van der Waals surface area contributed by atoms with Crippen molar-refractivity contribution in [3.63, 3.8) is 0 Å². The first-order chi connectivity index (χ1) is 24.5. The molecule has 3 aromatic carbocycles. The second kappa shape index (κ2) is 13.8. The van der Waals surface area contributed by atoms with Gasteiger partial charge in [0.1, 0.15) is 23.1 Å². The van der Waals surface area contributed by atoms with E-state index in [4.69, 9.17) is 9.47 Å². The largest absolute Gasteiger partial charge is 0.496 e. The molecule has 2 amide bonds. The standard InChI is InChI=1S/C34H27F7N4O6S/c1-50-25-7-2-18(31-44-32(15-47,16-51-31)14-45-11-17(12-45)13-46)8-22(25)29(48)43-27-21-5-3-19(33(36,37)38)9-26(21)52-28(27)30(49)42-20-4-6-24(35)23(10-20)34(39,40)41/h2-10,15,17,46H,11-14,16H2,1H3,(H,42,49)(H,43,48). The van der Waals surface area contributed by atoms with Gasteiger partial charge in [-0.25, -0.2) is 9.38 Å². The first-order valence-electron chi connectivity index (χ1n) is 15.4. The number of nitrogens with one attached hydrogen (secondary N) is 2. The van der Waals surface area contributed by atoms with Gasteiger partial charge in [0.2, 0.25) is 5.90 Å². The van der Waals surface area contributed by atoms with Crippen molar-refractivity contribution in [1.82, 2.24) is 4.90 Å². The Balaban J connectivity index is 1.34. The minimum Gasteiger partial charge on any atom is -0.496 e. The molecule has 4 aromatic rings. The van der Waals surface area contributed by atoms with Crippen LogP contribution in [0.4, 0.5) is 42.1 Å². The van der Waals surface area contributed by atoms with E-state index >= 15 is 0 Å². The molecule has 0 spiro atoms. The smallest absolute Gasteiger partial charge is 0.419 e. The van der Waals surface area contributed by atoms with Gasteiger partial charge in [0.25, 0.3) is 11.8 Å². The summed E-state index contributed by atoms with van der Waals surface area (Å²) in [4.78, 5) is 45.5. The third-order valence-corrected chi connectivity index (χ3v) is 9.62. The van der Waals surface area contributed by atoms with Crippen molar-refractivity contribution in [2.75, 3.05) is 50.6 Å². The lowest BCUT2D eigenvalue weighted by Gasteiger charge is -2.40. The molecule has 2 aliphatic rings. The molecule has 1 saturated heterocycles. The molecule has 2 aliphatic heterocycles. The molecule has 0 bridgehead atoms. The summed E-state index contributed by atoms with van der Waals surface area (Å²) in [7, 11) is 1.27. The average Bonchev–Trinajstić information content (AvgIpc) is 3.67. The lowest BCUT2D eigenvalue weighted by atomic mass is 9.96.